The van der Waals surface area contributed by atoms with E-state index in [1.54, 1.807) is 43.4 Å². The number of carbonyl (C=O) groups is 2. The number of anilines is 1. The Morgan fingerprint density at radius 2 is 1.92 bits per heavy atom. The molecule has 0 aliphatic carbocycles. The molecule has 2 aromatic rings. The van der Waals surface area contributed by atoms with Gasteiger partial charge in [-0.15, -0.1) is 0 Å². The Balaban J connectivity index is 2.00. The monoisotopic (exact) mass is 419 g/mol. The van der Waals surface area contributed by atoms with Gasteiger partial charge in [0, 0.05) is 23.2 Å². The number of hydrogen-bond donors (Lipinski definition) is 1. The van der Waals surface area contributed by atoms with Crippen LogP contribution < -0.4 is 14.4 Å². The molecule has 3 rings (SSSR count). The highest BCUT2D eigenvalue weighted by Gasteiger charge is 2.50. The number of ketones is 1. The van der Waals surface area contributed by atoms with Crippen LogP contribution in [-0.4, -0.2) is 38.1 Å². The number of methoxy groups -OCH3 is 2. The summed E-state index contributed by atoms with van der Waals surface area (Å²) in [4.78, 5) is 26.9. The van der Waals surface area contributed by atoms with Crippen molar-refractivity contribution < 1.29 is 24.2 Å². The van der Waals surface area contributed by atoms with E-state index < -0.39 is 17.3 Å². The Labute approximate surface area is 159 Å². The first kappa shape index (κ1) is 18.4. The lowest BCUT2D eigenvalue weighted by molar-refractivity contribution is -0.135. The fraction of sp³-hybridized carbons (Fsp3) is 0.263. The minimum absolute atomic E-state index is 0.278. The zero-order chi connectivity index (χ0) is 19.1. The van der Waals surface area contributed by atoms with Crippen molar-refractivity contribution in [3.05, 3.63) is 52.0 Å². The number of fused-ring (bicyclic) bond motifs is 1. The van der Waals surface area contributed by atoms with E-state index in [0.29, 0.717) is 27.2 Å². The van der Waals surface area contributed by atoms with Gasteiger partial charge < -0.3 is 19.5 Å². The van der Waals surface area contributed by atoms with E-state index in [-0.39, 0.29) is 12.0 Å². The smallest absolute Gasteiger partial charge is 0.263 e. The largest absolute Gasteiger partial charge is 0.497 e. The van der Waals surface area contributed by atoms with Gasteiger partial charge in [-0.3, -0.25) is 9.59 Å². The van der Waals surface area contributed by atoms with Gasteiger partial charge in [0.15, 0.2) is 11.4 Å². The number of hydrogen-bond acceptors (Lipinski definition) is 5. The predicted molar refractivity (Wildman–Crippen MR) is 99.9 cm³/mol. The van der Waals surface area contributed by atoms with E-state index in [1.165, 1.54) is 19.1 Å². The van der Waals surface area contributed by atoms with Gasteiger partial charge in [-0.25, -0.2) is 0 Å². The van der Waals surface area contributed by atoms with Crippen LogP contribution in [0.5, 0.6) is 11.5 Å². The zero-order valence-corrected chi connectivity index (χ0v) is 16.2. The van der Waals surface area contributed by atoms with Gasteiger partial charge >= 0.3 is 0 Å². The predicted octanol–water partition coefficient (Wildman–Crippen LogP) is 2.90. The van der Waals surface area contributed by atoms with E-state index in [2.05, 4.69) is 15.9 Å². The second-order valence-electron chi connectivity index (χ2n) is 6.05. The van der Waals surface area contributed by atoms with Crippen molar-refractivity contribution in [2.45, 2.75) is 12.0 Å². The maximum atomic E-state index is 12.9. The Hall–Kier alpha value is -2.38. The fourth-order valence-electron chi connectivity index (χ4n) is 3.16. The summed E-state index contributed by atoms with van der Waals surface area (Å²) < 4.78 is 11.1. The molecule has 2 aromatic carbocycles. The number of nitrogens with zero attached hydrogens (tertiary/aromatic N) is 1. The van der Waals surface area contributed by atoms with Crippen LogP contribution in [0.15, 0.2) is 40.9 Å². The van der Waals surface area contributed by atoms with Gasteiger partial charge in [0.2, 0.25) is 0 Å². The quantitative estimate of drug-likeness (QED) is 0.753. The number of carbonyl (C=O) groups excluding carboxylic acids is 2. The molecule has 0 radical (unpaired) electrons. The molecule has 0 aromatic heterocycles. The molecule has 136 valence electrons. The van der Waals surface area contributed by atoms with Crippen LogP contribution in [-0.2, 0) is 10.4 Å². The maximum absolute atomic E-state index is 12.9. The molecule has 1 aliphatic rings. The molecule has 6 nitrogen and oxygen atoms in total. The van der Waals surface area contributed by atoms with Crippen LogP contribution in [0.25, 0.3) is 0 Å². The molecule has 1 aliphatic heterocycles. The van der Waals surface area contributed by atoms with E-state index >= 15 is 0 Å². The standard InChI is InChI=1S/C19H18BrNO5/c1-21-15-7-4-11(20)8-14(15)19(24,18(21)23)10-16(22)13-6-5-12(25-2)9-17(13)26-3/h4-9,24H,10H2,1-3H3/t19-/m0/s1. The Bertz CT molecular complexity index is 897. The number of ether oxygens (including phenoxy) is 2. The molecule has 0 unspecified atom stereocenters. The van der Waals surface area contributed by atoms with Crippen LogP contribution in [0.2, 0.25) is 0 Å². The molecule has 0 fully saturated rings. The normalized spacial score (nSPS) is 18.7. The summed E-state index contributed by atoms with van der Waals surface area (Å²) in [6.45, 7) is 0. The minimum Gasteiger partial charge on any atom is -0.497 e. The maximum Gasteiger partial charge on any atom is 0.263 e. The van der Waals surface area contributed by atoms with E-state index in [1.807, 2.05) is 0 Å². The molecule has 0 bridgehead atoms. The van der Waals surface area contributed by atoms with Gasteiger partial charge in [0.1, 0.15) is 11.5 Å². The summed E-state index contributed by atoms with van der Waals surface area (Å²) in [7, 11) is 4.54. The third-order valence-corrected chi connectivity index (χ3v) is 5.04. The van der Waals surface area contributed by atoms with E-state index in [0.717, 1.165) is 0 Å². The number of likely N-dealkylation sites (N-methyl/N-ethyl adjacent to an activating group) is 1. The number of Topliss-reactive ketones (excluding diaryl/α,β-unsaturated/α-hetero) is 1. The van der Waals surface area contributed by atoms with Crippen LogP contribution in [0, 0.1) is 0 Å². The van der Waals surface area contributed by atoms with Crippen LogP contribution in [0.1, 0.15) is 22.3 Å². The first-order chi connectivity index (χ1) is 12.3. The highest BCUT2D eigenvalue weighted by atomic mass is 79.9. The number of halogens is 1. The second kappa shape index (κ2) is 6.74. The molecule has 0 spiro atoms. The van der Waals surface area contributed by atoms with Crippen molar-refractivity contribution in [2.24, 2.45) is 0 Å². The zero-order valence-electron chi connectivity index (χ0n) is 14.6. The number of rotatable bonds is 5. The highest BCUT2D eigenvalue weighted by molar-refractivity contribution is 9.10. The van der Waals surface area contributed by atoms with Gasteiger partial charge in [-0.1, -0.05) is 15.9 Å². The highest BCUT2D eigenvalue weighted by Crippen LogP contribution is 2.43. The van der Waals surface area contributed by atoms with Crippen molar-refractivity contribution in [1.82, 2.24) is 0 Å². The van der Waals surface area contributed by atoms with Crippen LogP contribution >= 0.6 is 15.9 Å². The third kappa shape index (κ3) is 2.87. The first-order valence-electron chi connectivity index (χ1n) is 7.87. The van der Waals surface area contributed by atoms with Gasteiger partial charge in [-0.05, 0) is 30.3 Å². The summed E-state index contributed by atoms with van der Waals surface area (Å²) in [5.74, 6) is -0.0673. The Kier molecular flexibility index (Phi) is 4.77. The van der Waals surface area contributed by atoms with Crippen LogP contribution in [0.3, 0.4) is 0 Å². The van der Waals surface area contributed by atoms with Crippen LogP contribution in [0.4, 0.5) is 5.69 Å². The molecule has 26 heavy (non-hydrogen) atoms. The third-order valence-electron chi connectivity index (χ3n) is 4.55. The molecule has 1 atom stereocenters. The van der Waals surface area contributed by atoms with Crippen molar-refractivity contribution in [2.75, 3.05) is 26.2 Å². The topological polar surface area (TPSA) is 76.1 Å². The van der Waals surface area contributed by atoms with Crippen molar-refractivity contribution in [3.8, 4) is 11.5 Å². The lowest BCUT2D eigenvalue weighted by atomic mass is 9.88. The first-order valence-corrected chi connectivity index (χ1v) is 8.67. The molecule has 1 amide bonds. The molecule has 1 heterocycles. The molecular weight excluding hydrogens is 402 g/mol. The van der Waals surface area contributed by atoms with Gasteiger partial charge in [0.25, 0.3) is 5.91 Å². The SMILES string of the molecule is COc1ccc(C(=O)C[C@@]2(O)C(=O)N(C)c3ccc(Br)cc32)c(OC)c1. The van der Waals surface area contributed by atoms with E-state index in [4.69, 9.17) is 9.47 Å². The second-order valence-corrected chi connectivity index (χ2v) is 6.97. The molecule has 1 N–H and O–H groups in total. The number of aliphatic hydroxyl groups is 1. The molecule has 0 saturated carbocycles. The van der Waals surface area contributed by atoms with Gasteiger partial charge in [-0.2, -0.15) is 0 Å². The summed E-state index contributed by atoms with van der Waals surface area (Å²) in [5, 5.41) is 11.1. The Morgan fingerprint density at radius 1 is 1.19 bits per heavy atom. The average molecular weight is 420 g/mol. The molecular formula is C19H18BrNO5. The summed E-state index contributed by atoms with van der Waals surface area (Å²) in [6.07, 6.45) is -0.387. The summed E-state index contributed by atoms with van der Waals surface area (Å²) in [6, 6.07) is 9.96. The van der Waals surface area contributed by atoms with Crippen molar-refractivity contribution in [1.29, 1.82) is 0 Å². The lowest BCUT2D eigenvalue weighted by Gasteiger charge is -2.21. The van der Waals surface area contributed by atoms with Crippen molar-refractivity contribution >= 4 is 33.3 Å². The number of benzene rings is 2. The molecule has 7 heteroatoms. The van der Waals surface area contributed by atoms with Crippen molar-refractivity contribution in [3.63, 3.8) is 0 Å². The van der Waals surface area contributed by atoms with E-state index in [9.17, 15) is 14.7 Å². The fourth-order valence-corrected chi connectivity index (χ4v) is 3.52. The Morgan fingerprint density at radius 3 is 2.58 bits per heavy atom. The number of amides is 1. The summed E-state index contributed by atoms with van der Waals surface area (Å²) in [5.41, 5.74) is -0.661. The average Bonchev–Trinajstić information content (AvgIpc) is 2.82. The lowest BCUT2D eigenvalue weighted by Crippen LogP contribution is -2.40. The summed E-state index contributed by atoms with van der Waals surface area (Å²) >= 11 is 3.35. The minimum atomic E-state index is -1.92. The van der Waals surface area contributed by atoms with Gasteiger partial charge in [0.05, 0.1) is 31.9 Å². The molecule has 0 saturated heterocycles.